The van der Waals surface area contributed by atoms with Crippen molar-refractivity contribution < 1.29 is 0 Å². The molecule has 2 fully saturated rings. The maximum atomic E-state index is 4.82. The molecule has 0 radical (unpaired) electrons. The van der Waals surface area contributed by atoms with Gasteiger partial charge in [0.1, 0.15) is 0 Å². The van der Waals surface area contributed by atoms with Crippen LogP contribution in [0.3, 0.4) is 0 Å². The Morgan fingerprint density at radius 1 is 1.00 bits per heavy atom. The lowest BCUT2D eigenvalue weighted by atomic mass is 9.86. The molecule has 0 atom stereocenters. The van der Waals surface area contributed by atoms with Crippen molar-refractivity contribution in [3.8, 4) is 0 Å². The fourth-order valence-corrected chi connectivity index (χ4v) is 3.88. The molecular weight excluding hydrogens is 284 g/mol. The largest absolute Gasteiger partial charge is 0.357 e. The standard InChI is InChI=1S/C19H38N4/c1-3-20-19(22-16-18-11-14-23(2)15-12-18)21-13-7-10-17-8-5-4-6-9-17/h17-18H,3-16H2,1-2H3,(H2,20,21,22). The molecular formula is C19H38N4. The molecule has 0 bridgehead atoms. The molecule has 0 aromatic rings. The Morgan fingerprint density at radius 3 is 2.43 bits per heavy atom. The smallest absolute Gasteiger partial charge is 0.191 e. The lowest BCUT2D eigenvalue weighted by molar-refractivity contribution is 0.223. The SMILES string of the molecule is CCNC(=NCC1CCN(C)CC1)NCCCC1CCCCC1. The van der Waals surface area contributed by atoms with E-state index in [0.29, 0.717) is 0 Å². The third kappa shape index (κ3) is 7.56. The Labute approximate surface area is 143 Å². The molecule has 1 aliphatic carbocycles. The van der Waals surface area contributed by atoms with Gasteiger partial charge in [-0.05, 0) is 64.6 Å². The number of likely N-dealkylation sites (tertiary alicyclic amines) is 1. The first-order valence-electron chi connectivity index (χ1n) is 9.98. The van der Waals surface area contributed by atoms with E-state index in [0.717, 1.165) is 37.4 Å². The summed E-state index contributed by atoms with van der Waals surface area (Å²) in [5, 5.41) is 6.93. The van der Waals surface area contributed by atoms with Crippen molar-refractivity contribution in [3.05, 3.63) is 0 Å². The van der Waals surface area contributed by atoms with Gasteiger partial charge in [0.15, 0.2) is 5.96 Å². The molecule has 134 valence electrons. The van der Waals surface area contributed by atoms with Crippen LogP contribution in [0.15, 0.2) is 4.99 Å². The molecule has 0 aromatic heterocycles. The minimum atomic E-state index is 0.767. The lowest BCUT2D eigenvalue weighted by Gasteiger charge is -2.28. The highest BCUT2D eigenvalue weighted by molar-refractivity contribution is 5.79. The second kappa shape index (κ2) is 10.9. The van der Waals surface area contributed by atoms with E-state index >= 15 is 0 Å². The highest BCUT2D eigenvalue weighted by Crippen LogP contribution is 2.26. The van der Waals surface area contributed by atoms with Crippen LogP contribution in [0.5, 0.6) is 0 Å². The quantitative estimate of drug-likeness (QED) is 0.429. The number of piperidine rings is 1. The molecule has 0 amide bonds. The molecule has 2 N–H and O–H groups in total. The van der Waals surface area contributed by atoms with Crippen LogP contribution >= 0.6 is 0 Å². The zero-order valence-electron chi connectivity index (χ0n) is 15.4. The number of nitrogens with one attached hydrogen (secondary N) is 2. The van der Waals surface area contributed by atoms with Crippen molar-refractivity contribution in [3.63, 3.8) is 0 Å². The number of hydrogen-bond acceptors (Lipinski definition) is 2. The molecule has 4 nitrogen and oxygen atoms in total. The first kappa shape index (κ1) is 18.6. The monoisotopic (exact) mass is 322 g/mol. The van der Waals surface area contributed by atoms with Crippen molar-refractivity contribution in [2.75, 3.05) is 39.8 Å². The molecule has 1 saturated carbocycles. The fourth-order valence-electron chi connectivity index (χ4n) is 3.88. The Morgan fingerprint density at radius 2 is 1.74 bits per heavy atom. The maximum Gasteiger partial charge on any atom is 0.191 e. The van der Waals surface area contributed by atoms with Gasteiger partial charge in [-0.3, -0.25) is 4.99 Å². The summed E-state index contributed by atoms with van der Waals surface area (Å²) in [6.45, 7) is 7.59. The molecule has 4 heteroatoms. The topological polar surface area (TPSA) is 39.7 Å². The van der Waals surface area contributed by atoms with Crippen molar-refractivity contribution >= 4 is 5.96 Å². The van der Waals surface area contributed by atoms with Crippen molar-refractivity contribution in [1.29, 1.82) is 0 Å². The molecule has 23 heavy (non-hydrogen) atoms. The summed E-state index contributed by atoms with van der Waals surface area (Å²) in [4.78, 5) is 7.25. The Kier molecular flexibility index (Phi) is 8.80. The van der Waals surface area contributed by atoms with E-state index in [1.165, 1.54) is 70.9 Å². The van der Waals surface area contributed by atoms with E-state index in [1.54, 1.807) is 0 Å². The van der Waals surface area contributed by atoms with Crippen molar-refractivity contribution in [2.24, 2.45) is 16.8 Å². The predicted molar refractivity (Wildman–Crippen MR) is 100 cm³/mol. The highest BCUT2D eigenvalue weighted by atomic mass is 15.2. The van der Waals surface area contributed by atoms with Crippen LogP contribution in [-0.2, 0) is 0 Å². The van der Waals surface area contributed by atoms with Gasteiger partial charge in [0, 0.05) is 19.6 Å². The third-order valence-electron chi connectivity index (χ3n) is 5.50. The van der Waals surface area contributed by atoms with Gasteiger partial charge in [-0.1, -0.05) is 32.1 Å². The molecule has 0 aromatic carbocycles. The number of hydrogen-bond donors (Lipinski definition) is 2. The minimum Gasteiger partial charge on any atom is -0.357 e. The zero-order chi connectivity index (χ0) is 16.3. The van der Waals surface area contributed by atoms with E-state index in [1.807, 2.05) is 0 Å². The molecule has 1 heterocycles. The van der Waals surface area contributed by atoms with Crippen LogP contribution in [0, 0.1) is 11.8 Å². The van der Waals surface area contributed by atoms with Crippen molar-refractivity contribution in [2.45, 2.75) is 64.7 Å². The van der Waals surface area contributed by atoms with E-state index in [-0.39, 0.29) is 0 Å². The highest BCUT2D eigenvalue weighted by Gasteiger charge is 2.16. The molecule has 2 aliphatic rings. The zero-order valence-corrected chi connectivity index (χ0v) is 15.4. The van der Waals surface area contributed by atoms with Crippen LogP contribution in [0.25, 0.3) is 0 Å². The first-order chi connectivity index (χ1) is 11.3. The Hall–Kier alpha value is -0.770. The number of guanidine groups is 1. The second-order valence-electron chi connectivity index (χ2n) is 7.54. The average Bonchev–Trinajstić information content (AvgIpc) is 2.59. The fraction of sp³-hybridized carbons (Fsp3) is 0.947. The Balaban J connectivity index is 1.62. The molecule has 0 spiro atoms. The summed E-state index contributed by atoms with van der Waals surface area (Å²) < 4.78 is 0. The average molecular weight is 323 g/mol. The predicted octanol–water partition coefficient (Wildman–Crippen LogP) is 3.24. The lowest BCUT2D eigenvalue weighted by Crippen LogP contribution is -2.39. The van der Waals surface area contributed by atoms with Gasteiger partial charge in [-0.15, -0.1) is 0 Å². The summed E-state index contributed by atoms with van der Waals surface area (Å²) in [7, 11) is 2.22. The van der Waals surface area contributed by atoms with E-state index in [4.69, 9.17) is 4.99 Å². The third-order valence-corrected chi connectivity index (χ3v) is 5.50. The van der Waals surface area contributed by atoms with Crippen LogP contribution in [0.4, 0.5) is 0 Å². The summed E-state index contributed by atoms with van der Waals surface area (Å²) >= 11 is 0. The Bertz CT molecular complexity index is 328. The second-order valence-corrected chi connectivity index (χ2v) is 7.54. The number of nitrogens with zero attached hydrogens (tertiary/aromatic N) is 2. The maximum absolute atomic E-state index is 4.82. The van der Waals surface area contributed by atoms with E-state index in [9.17, 15) is 0 Å². The summed E-state index contributed by atoms with van der Waals surface area (Å²) in [6, 6.07) is 0. The van der Waals surface area contributed by atoms with Crippen LogP contribution < -0.4 is 10.6 Å². The van der Waals surface area contributed by atoms with Crippen molar-refractivity contribution in [1.82, 2.24) is 15.5 Å². The minimum absolute atomic E-state index is 0.767. The van der Waals surface area contributed by atoms with Gasteiger partial charge in [-0.25, -0.2) is 0 Å². The molecule has 1 aliphatic heterocycles. The molecule has 0 unspecified atom stereocenters. The first-order valence-corrected chi connectivity index (χ1v) is 9.98. The van der Waals surface area contributed by atoms with Crippen LogP contribution in [0.2, 0.25) is 0 Å². The van der Waals surface area contributed by atoms with Gasteiger partial charge in [0.05, 0.1) is 0 Å². The summed E-state index contributed by atoms with van der Waals surface area (Å²) in [6.07, 6.45) is 12.6. The number of aliphatic imine (C=N–C) groups is 1. The van der Waals surface area contributed by atoms with Gasteiger partial charge >= 0.3 is 0 Å². The summed E-state index contributed by atoms with van der Waals surface area (Å²) in [5.74, 6) is 2.78. The van der Waals surface area contributed by atoms with Gasteiger partial charge in [0.2, 0.25) is 0 Å². The number of rotatable bonds is 7. The summed E-state index contributed by atoms with van der Waals surface area (Å²) in [5.41, 5.74) is 0. The van der Waals surface area contributed by atoms with Gasteiger partial charge in [0.25, 0.3) is 0 Å². The van der Waals surface area contributed by atoms with E-state index in [2.05, 4.69) is 29.5 Å². The van der Waals surface area contributed by atoms with Crippen LogP contribution in [0.1, 0.15) is 64.7 Å². The molecule has 2 rings (SSSR count). The van der Waals surface area contributed by atoms with Crippen LogP contribution in [-0.4, -0.2) is 50.6 Å². The van der Waals surface area contributed by atoms with E-state index < -0.39 is 0 Å². The molecule has 1 saturated heterocycles. The normalized spacial score (nSPS) is 22.3. The van der Waals surface area contributed by atoms with Gasteiger partial charge < -0.3 is 15.5 Å². The van der Waals surface area contributed by atoms with Gasteiger partial charge in [-0.2, -0.15) is 0 Å².